The Morgan fingerprint density at radius 2 is 2.19 bits per heavy atom. The summed E-state index contributed by atoms with van der Waals surface area (Å²) in [6.07, 6.45) is 0.831. The molecule has 0 aliphatic carbocycles. The maximum Gasteiger partial charge on any atom is 0.145 e. The van der Waals surface area contributed by atoms with Crippen LogP contribution in [0.15, 0.2) is 18.2 Å². The second-order valence-electron chi connectivity index (χ2n) is 4.01. The van der Waals surface area contributed by atoms with Gasteiger partial charge in [-0.1, -0.05) is 18.5 Å². The SMILES string of the molecule is CCC(C)(CNC)Oc1ccc(Cl)c(F)c1. The fraction of sp³-hybridized carbons (Fsp3) is 0.500. The Morgan fingerprint density at radius 3 is 2.69 bits per heavy atom. The van der Waals surface area contributed by atoms with Crippen molar-refractivity contribution in [3.8, 4) is 5.75 Å². The van der Waals surface area contributed by atoms with Crippen LogP contribution in [0.2, 0.25) is 5.02 Å². The third kappa shape index (κ3) is 3.35. The van der Waals surface area contributed by atoms with E-state index in [1.165, 1.54) is 12.1 Å². The normalized spacial score (nSPS) is 14.6. The Morgan fingerprint density at radius 1 is 1.50 bits per heavy atom. The molecule has 16 heavy (non-hydrogen) atoms. The van der Waals surface area contributed by atoms with E-state index in [1.54, 1.807) is 6.07 Å². The Labute approximate surface area is 101 Å². The molecule has 2 nitrogen and oxygen atoms in total. The maximum atomic E-state index is 13.2. The van der Waals surface area contributed by atoms with Crippen LogP contribution in [0, 0.1) is 5.82 Å². The number of hydrogen-bond acceptors (Lipinski definition) is 2. The van der Waals surface area contributed by atoms with Gasteiger partial charge in [-0.25, -0.2) is 4.39 Å². The van der Waals surface area contributed by atoms with Crippen LogP contribution in [0.25, 0.3) is 0 Å². The van der Waals surface area contributed by atoms with Gasteiger partial charge in [0.15, 0.2) is 0 Å². The lowest BCUT2D eigenvalue weighted by atomic mass is 10.0. The first-order chi connectivity index (χ1) is 7.50. The predicted octanol–water partition coefficient (Wildman–Crippen LogP) is 3.25. The fourth-order valence-corrected chi connectivity index (χ4v) is 1.55. The second kappa shape index (κ2) is 5.51. The van der Waals surface area contributed by atoms with E-state index in [-0.39, 0.29) is 10.6 Å². The third-order valence-corrected chi connectivity index (χ3v) is 2.86. The van der Waals surface area contributed by atoms with Gasteiger partial charge in [0.25, 0.3) is 0 Å². The van der Waals surface area contributed by atoms with Crippen LogP contribution >= 0.6 is 11.6 Å². The van der Waals surface area contributed by atoms with E-state index in [0.29, 0.717) is 12.3 Å². The van der Waals surface area contributed by atoms with Gasteiger partial charge in [0.05, 0.1) is 5.02 Å². The highest BCUT2D eigenvalue weighted by Crippen LogP contribution is 2.25. The van der Waals surface area contributed by atoms with Crippen molar-refractivity contribution in [3.05, 3.63) is 29.0 Å². The lowest BCUT2D eigenvalue weighted by Crippen LogP contribution is -2.41. The van der Waals surface area contributed by atoms with E-state index in [2.05, 4.69) is 5.32 Å². The Balaban J connectivity index is 2.81. The molecule has 0 aliphatic rings. The zero-order valence-electron chi connectivity index (χ0n) is 9.81. The third-order valence-electron chi connectivity index (χ3n) is 2.55. The first-order valence-electron chi connectivity index (χ1n) is 5.29. The van der Waals surface area contributed by atoms with Crippen molar-refractivity contribution in [2.45, 2.75) is 25.9 Å². The highest BCUT2D eigenvalue weighted by Gasteiger charge is 2.23. The predicted molar refractivity (Wildman–Crippen MR) is 64.7 cm³/mol. The van der Waals surface area contributed by atoms with Crippen LogP contribution in [-0.4, -0.2) is 19.2 Å². The average molecular weight is 246 g/mol. The van der Waals surface area contributed by atoms with Crippen molar-refractivity contribution < 1.29 is 9.13 Å². The van der Waals surface area contributed by atoms with Crippen molar-refractivity contribution >= 4 is 11.6 Å². The van der Waals surface area contributed by atoms with Gasteiger partial charge in [0, 0.05) is 12.6 Å². The molecule has 4 heteroatoms. The topological polar surface area (TPSA) is 21.3 Å². The van der Waals surface area contributed by atoms with Gasteiger partial charge in [0.1, 0.15) is 17.2 Å². The average Bonchev–Trinajstić information content (AvgIpc) is 2.24. The molecule has 0 spiro atoms. The molecule has 0 amide bonds. The van der Waals surface area contributed by atoms with E-state index in [0.717, 1.165) is 6.42 Å². The van der Waals surface area contributed by atoms with Crippen LogP contribution in [-0.2, 0) is 0 Å². The van der Waals surface area contributed by atoms with Crippen LogP contribution in [0.1, 0.15) is 20.3 Å². The molecule has 1 aromatic rings. The van der Waals surface area contributed by atoms with E-state index < -0.39 is 5.82 Å². The summed E-state index contributed by atoms with van der Waals surface area (Å²) in [5, 5.41) is 3.17. The molecular formula is C12H17ClFNO. The highest BCUT2D eigenvalue weighted by molar-refractivity contribution is 6.30. The number of rotatable bonds is 5. The first-order valence-corrected chi connectivity index (χ1v) is 5.67. The molecule has 0 heterocycles. The monoisotopic (exact) mass is 245 g/mol. The summed E-state index contributed by atoms with van der Waals surface area (Å²) in [5.74, 6) is 0.0450. The summed E-state index contributed by atoms with van der Waals surface area (Å²) < 4.78 is 19.0. The van der Waals surface area contributed by atoms with Crippen molar-refractivity contribution in [1.29, 1.82) is 0 Å². The van der Waals surface area contributed by atoms with Crippen molar-refractivity contribution in [1.82, 2.24) is 5.32 Å². The maximum absolute atomic E-state index is 13.2. The van der Waals surface area contributed by atoms with Crippen LogP contribution in [0.5, 0.6) is 5.75 Å². The summed E-state index contributed by atoms with van der Waals surface area (Å²) in [6.45, 7) is 4.72. The summed E-state index contributed by atoms with van der Waals surface area (Å²) in [5.41, 5.74) is -0.338. The molecule has 0 aromatic heterocycles. The highest BCUT2D eigenvalue weighted by atomic mass is 35.5. The van der Waals surface area contributed by atoms with Gasteiger partial charge in [0.2, 0.25) is 0 Å². The van der Waals surface area contributed by atoms with Crippen LogP contribution < -0.4 is 10.1 Å². The lowest BCUT2D eigenvalue weighted by Gasteiger charge is -2.29. The summed E-state index contributed by atoms with van der Waals surface area (Å²) in [6, 6.07) is 4.49. The zero-order chi connectivity index (χ0) is 12.2. The van der Waals surface area contributed by atoms with E-state index >= 15 is 0 Å². The minimum Gasteiger partial charge on any atom is -0.486 e. The quantitative estimate of drug-likeness (QED) is 0.860. The van der Waals surface area contributed by atoms with Crippen LogP contribution in [0.4, 0.5) is 4.39 Å². The largest absolute Gasteiger partial charge is 0.486 e. The second-order valence-corrected chi connectivity index (χ2v) is 4.42. The smallest absolute Gasteiger partial charge is 0.145 e. The van der Waals surface area contributed by atoms with Gasteiger partial charge in [-0.3, -0.25) is 0 Å². The summed E-state index contributed by atoms with van der Waals surface area (Å²) in [4.78, 5) is 0. The first kappa shape index (κ1) is 13.3. The molecule has 0 bridgehead atoms. The van der Waals surface area contributed by atoms with Gasteiger partial charge in [-0.15, -0.1) is 0 Å². The molecule has 1 unspecified atom stereocenters. The van der Waals surface area contributed by atoms with Gasteiger partial charge >= 0.3 is 0 Å². The zero-order valence-corrected chi connectivity index (χ0v) is 10.6. The number of likely N-dealkylation sites (N-methyl/N-ethyl adjacent to an activating group) is 1. The van der Waals surface area contributed by atoms with Crippen LogP contribution in [0.3, 0.4) is 0 Å². The Bertz CT molecular complexity index is 359. The lowest BCUT2D eigenvalue weighted by molar-refractivity contribution is 0.0854. The molecule has 1 rings (SSSR count). The molecule has 1 aromatic carbocycles. The molecule has 1 N–H and O–H groups in total. The van der Waals surface area contributed by atoms with Crippen molar-refractivity contribution in [2.75, 3.05) is 13.6 Å². The Kier molecular flexibility index (Phi) is 4.56. The number of benzene rings is 1. The number of ether oxygens (including phenoxy) is 1. The minimum absolute atomic E-state index is 0.110. The molecule has 0 saturated heterocycles. The Hall–Kier alpha value is -0.800. The van der Waals surface area contributed by atoms with Crippen molar-refractivity contribution in [2.24, 2.45) is 0 Å². The van der Waals surface area contributed by atoms with Gasteiger partial charge in [-0.05, 0) is 32.5 Å². The molecule has 0 radical (unpaired) electrons. The molecule has 0 aliphatic heterocycles. The van der Waals surface area contributed by atoms with Gasteiger partial charge < -0.3 is 10.1 Å². The molecule has 90 valence electrons. The molecule has 0 fully saturated rings. The number of hydrogen-bond donors (Lipinski definition) is 1. The molecular weight excluding hydrogens is 229 g/mol. The minimum atomic E-state index is -0.456. The summed E-state index contributed by atoms with van der Waals surface area (Å²) in [7, 11) is 1.86. The van der Waals surface area contributed by atoms with E-state index in [4.69, 9.17) is 16.3 Å². The van der Waals surface area contributed by atoms with Crippen molar-refractivity contribution in [3.63, 3.8) is 0 Å². The fourth-order valence-electron chi connectivity index (χ4n) is 1.43. The van der Waals surface area contributed by atoms with E-state index in [1.807, 2.05) is 20.9 Å². The number of halogens is 2. The van der Waals surface area contributed by atoms with E-state index in [9.17, 15) is 4.39 Å². The molecule has 1 atom stereocenters. The standard InChI is InChI=1S/C12H17ClFNO/c1-4-12(2,8-15-3)16-9-5-6-10(13)11(14)7-9/h5-7,15H,4,8H2,1-3H3. The summed E-state index contributed by atoms with van der Waals surface area (Å²) >= 11 is 5.60. The van der Waals surface area contributed by atoms with Gasteiger partial charge in [-0.2, -0.15) is 0 Å². The number of nitrogens with one attached hydrogen (secondary N) is 1. The molecule has 0 saturated carbocycles.